The number of aromatic nitrogens is 20. The maximum atomic E-state index is 11.9. The van der Waals surface area contributed by atoms with E-state index >= 15 is 0 Å². The molecule has 0 amide bonds. The van der Waals surface area contributed by atoms with Crippen LogP contribution in [0.3, 0.4) is 0 Å². The van der Waals surface area contributed by atoms with Crippen molar-refractivity contribution in [3.63, 3.8) is 0 Å². The van der Waals surface area contributed by atoms with Gasteiger partial charge in [0.2, 0.25) is 29.7 Å². The fraction of sp³-hybridized carbons (Fsp3) is 0.583. The molecule has 49 heteroatoms. The van der Waals surface area contributed by atoms with Crippen LogP contribution in [0.4, 0.5) is 29.7 Å². The molecular formula is C72H111BrCl2N25O16P5. The number of H-pyrrole nitrogens is 5. The Morgan fingerprint density at radius 1 is 0.388 bits per heavy atom. The first kappa shape index (κ1) is 94.5. The van der Waals surface area contributed by atoms with E-state index in [0.717, 1.165) is 43.7 Å². The minimum atomic E-state index is -1.23. The summed E-state index contributed by atoms with van der Waals surface area (Å²) in [6, 6.07) is 0. The lowest BCUT2D eigenvalue weighted by Gasteiger charge is -2.19. The second-order valence-electron chi connectivity index (χ2n) is 34.3. The summed E-state index contributed by atoms with van der Waals surface area (Å²) in [6.07, 6.45) is 27.3. The summed E-state index contributed by atoms with van der Waals surface area (Å²) < 4.78 is 43.5. The molecule has 20 atom stereocenters. The second-order valence-corrected chi connectivity index (χ2v) is 57.9. The predicted octanol–water partition coefficient (Wildman–Crippen LogP) is 2.93. The van der Waals surface area contributed by atoms with Crippen molar-refractivity contribution in [3.05, 3.63) is 83.4 Å². The third-order valence-corrected chi connectivity index (χ3v) is 30.2. The number of ether oxygens (including phenoxy) is 6. The smallest absolute Gasteiger partial charge is 0.280 e. The Balaban J connectivity index is 0.000000148. The van der Waals surface area contributed by atoms with Gasteiger partial charge in [-0.3, -0.25) is 71.7 Å². The molecule has 5 saturated heterocycles. The van der Waals surface area contributed by atoms with Crippen molar-refractivity contribution in [3.8, 4) is 0 Å². The summed E-state index contributed by atoms with van der Waals surface area (Å²) in [5.41, 5.74) is 28.5. The van der Waals surface area contributed by atoms with Crippen molar-refractivity contribution in [2.75, 3.05) is 133 Å². The van der Waals surface area contributed by atoms with Crippen LogP contribution in [0.15, 0.2) is 55.6 Å². The van der Waals surface area contributed by atoms with Crippen LogP contribution < -0.4 is 56.5 Å². The number of anilines is 5. The maximum absolute atomic E-state index is 11.9. The molecule has 0 radical (unpaired) electrons. The zero-order valence-electron chi connectivity index (χ0n) is 69.2. The Morgan fingerprint density at radius 2 is 0.612 bits per heavy atom. The molecule has 0 bridgehead atoms. The molecule has 121 heavy (non-hydrogen) atoms. The van der Waals surface area contributed by atoms with Gasteiger partial charge in [0.05, 0.1) is 79.2 Å². The number of methoxy groups -OCH3 is 1. The molecule has 15 heterocycles. The molecule has 0 saturated carbocycles. The molecule has 15 rings (SSSR count). The molecule has 666 valence electrons. The highest BCUT2D eigenvalue weighted by molar-refractivity contribution is 9.09. The fourth-order valence-corrected chi connectivity index (χ4v) is 20.6. The van der Waals surface area contributed by atoms with Crippen LogP contribution in [-0.4, -0.2) is 342 Å². The molecule has 0 aliphatic carbocycles. The summed E-state index contributed by atoms with van der Waals surface area (Å²) in [5, 5.41) is 51.0. The Bertz CT molecular complexity index is 5400. The van der Waals surface area contributed by atoms with E-state index in [1.807, 2.05) is 6.92 Å². The number of imidazole rings is 5. The monoisotopic (exact) mass is 1890 g/mol. The molecular weight excluding hydrogens is 1780 g/mol. The Kier molecular flexibility index (Phi) is 29.4. The third-order valence-electron chi connectivity index (χ3n) is 20.9. The average Bonchev–Trinajstić information content (AvgIpc) is 1.64. The number of fused-ring (bicyclic) bond motifs is 5. The van der Waals surface area contributed by atoms with E-state index in [-0.39, 0.29) is 103 Å². The predicted molar refractivity (Wildman–Crippen MR) is 491 cm³/mol. The number of aromatic amines is 5. The first-order chi connectivity index (χ1) is 56.4. The summed E-state index contributed by atoms with van der Waals surface area (Å²) in [4.78, 5) is 112. The summed E-state index contributed by atoms with van der Waals surface area (Å²) in [6.45, 7) is 17.3. The van der Waals surface area contributed by atoms with Gasteiger partial charge in [-0.25, -0.2) is 24.9 Å². The van der Waals surface area contributed by atoms with E-state index in [0.29, 0.717) is 36.2 Å². The molecule has 10 aromatic heterocycles. The van der Waals surface area contributed by atoms with E-state index in [1.54, 1.807) is 22.8 Å². The topological polar surface area (TPSA) is 604 Å². The summed E-state index contributed by atoms with van der Waals surface area (Å²) in [7, 11) is 1.51. The number of aliphatic hydroxyl groups is 5. The Morgan fingerprint density at radius 3 is 0.893 bits per heavy atom. The van der Waals surface area contributed by atoms with E-state index in [4.69, 9.17) is 80.3 Å². The number of aliphatic hydroxyl groups excluding tert-OH is 5. The summed E-state index contributed by atoms with van der Waals surface area (Å²) >= 11 is 16.2. The number of rotatable bonds is 21. The lowest BCUT2D eigenvalue weighted by molar-refractivity contribution is -0.0496. The number of halogens is 3. The van der Waals surface area contributed by atoms with Gasteiger partial charge in [-0.05, 0) is 130 Å². The zero-order valence-corrected chi connectivity index (χ0v) is 76.8. The molecule has 0 unspecified atom stereocenters. The molecule has 20 N–H and O–H groups in total. The van der Waals surface area contributed by atoms with Gasteiger partial charge >= 0.3 is 0 Å². The van der Waals surface area contributed by atoms with Crippen molar-refractivity contribution in [2.45, 2.75) is 153 Å². The number of alkyl halides is 3. The van der Waals surface area contributed by atoms with Crippen LogP contribution in [0.5, 0.6) is 0 Å². The number of nitrogens with one attached hydrogen (secondary N) is 5. The molecule has 41 nitrogen and oxygen atoms in total. The lowest BCUT2D eigenvalue weighted by atomic mass is 10.0. The second kappa shape index (κ2) is 37.6. The minimum absolute atomic E-state index is 0.00748. The number of nitrogens with two attached hydrogens (primary N) is 5. The number of hydrogen-bond acceptors (Lipinski definition) is 31. The SMILES string of the molecule is C=P(C)(C)CC[C@H]1O[C@@H](n2cnc3c(=O)[nH]c(N)nc32)[C@H](Br)[C@@H]1O.C=P(C)(C)CC[C@H]1O[C@@H](n2cnc3c(=O)[nH]c(N)nc32)[C@H](C)[C@@H]1O.C=P(C)(C)CC[C@H]1O[C@@H](n2cnc3c(=O)[nH]c(N)nc32)[C@H](Cl)[C@@H]1O.C=P(C)(C)CC[C@H]1O[C@@H](n2cnc3c(=O)[nH]c(N)nc32)[C@H](Cl)[C@@H]1O.C=P(C)(C)CC[C@H]1O[C@@H](n2cnc3c(=O)[nH]c(N)nc32)[C@H](OC)[C@@H]1O. The van der Waals surface area contributed by atoms with Gasteiger partial charge in [0.1, 0.15) is 41.4 Å². The lowest BCUT2D eigenvalue weighted by Crippen LogP contribution is -2.33. The normalized spacial score (nSPS) is 27.7. The van der Waals surface area contributed by atoms with E-state index < -0.39 is 147 Å². The molecule has 5 aliphatic rings. The third kappa shape index (κ3) is 22.2. The largest absolute Gasteiger partial charge is 0.390 e. The molecule has 0 aromatic carbocycles. The van der Waals surface area contributed by atoms with Gasteiger partial charge in [0, 0.05) is 13.0 Å². The van der Waals surface area contributed by atoms with Crippen molar-refractivity contribution >= 4 is 191 Å². The van der Waals surface area contributed by atoms with Crippen molar-refractivity contribution in [1.29, 1.82) is 0 Å². The van der Waals surface area contributed by atoms with Crippen molar-refractivity contribution < 1.29 is 54.0 Å². The highest BCUT2D eigenvalue weighted by Gasteiger charge is 2.49. The maximum Gasteiger partial charge on any atom is 0.280 e. The quantitative estimate of drug-likeness (QED) is 0.0363. The Labute approximate surface area is 713 Å². The standard InChI is InChI=1S/C15H24N5O4P.C15H24N5O3P.C14H21BrN5O3P.2C14H21ClN5O3P/c1-23-11-10(21)8(5-6-25(2,3)4)24-14(11)20-7-17-9-12(20)18-15(16)19-13(9)22;1-8-11(21)9(5-6-24(2,3)4)23-14(8)20-7-17-10-12(20)18-15(16)19-13(10)22;3*1-24(2,3)5-4-7-10(21)8(15)13(23-7)20-6-17-9-11(20)18-14(16)19-12(9)22/h7-8,10-11,14,21H,2,5-6H2,1,3-4H3,(H3,16,18,19,22);7-9,11,14,21H,2,5-6H2,1,3-4H3,(H3,16,18,19,22);3*6-8,10,13,21H,1,4-5H2,2-3H3,(H3,16,18,19,22)/t8-,10-,11-,14-;8-,9-,11+,14-;3*7-,8-,10-,13-/m11111/s1. The highest BCUT2D eigenvalue weighted by atomic mass is 79.9. The van der Waals surface area contributed by atoms with Gasteiger partial charge in [0.15, 0.2) is 80.7 Å². The van der Waals surface area contributed by atoms with Crippen LogP contribution in [0.25, 0.3) is 55.8 Å². The van der Waals surface area contributed by atoms with Gasteiger partial charge in [-0.1, -0.05) is 22.9 Å². The average molecular weight is 1890 g/mol. The van der Waals surface area contributed by atoms with E-state index in [9.17, 15) is 49.5 Å². The Hall–Kier alpha value is -7.13. The number of nitrogens with zero attached hydrogens (tertiary/aromatic N) is 15. The van der Waals surface area contributed by atoms with Crippen molar-refractivity contribution in [2.24, 2.45) is 5.92 Å². The number of hydrogen-bond donors (Lipinski definition) is 15. The molecule has 5 fully saturated rings. The van der Waals surface area contributed by atoms with Gasteiger partial charge < -0.3 is 82.6 Å². The van der Waals surface area contributed by atoms with E-state index in [1.165, 1.54) is 38.7 Å². The van der Waals surface area contributed by atoms with E-state index in [2.05, 4.69) is 189 Å². The van der Waals surface area contributed by atoms with Crippen LogP contribution >= 0.6 is 73.6 Å². The summed E-state index contributed by atoms with van der Waals surface area (Å²) in [5.74, 6) is -0.147. The molecule has 0 spiro atoms. The minimum Gasteiger partial charge on any atom is -0.390 e. The van der Waals surface area contributed by atoms with Gasteiger partial charge in [0.25, 0.3) is 27.8 Å². The first-order valence-electron chi connectivity index (χ1n) is 38.5. The van der Waals surface area contributed by atoms with Gasteiger partial charge in [-0.15, -0.1) is 89.1 Å². The zero-order chi connectivity index (χ0) is 88.9. The number of nitrogen functional groups attached to an aromatic ring is 5. The highest BCUT2D eigenvalue weighted by Crippen LogP contribution is 2.47. The molecule has 5 aliphatic heterocycles. The van der Waals surface area contributed by atoms with Crippen LogP contribution in [-0.2, 0) is 28.4 Å². The van der Waals surface area contributed by atoms with Crippen LogP contribution in [0.1, 0.15) is 70.2 Å². The van der Waals surface area contributed by atoms with Crippen LogP contribution in [0, 0.1) is 5.92 Å². The van der Waals surface area contributed by atoms with Gasteiger partial charge in [-0.2, -0.15) is 24.9 Å². The van der Waals surface area contributed by atoms with Crippen LogP contribution in [0.2, 0.25) is 0 Å². The molecule has 10 aromatic rings. The fourth-order valence-electron chi connectivity index (χ4n) is 14.4. The van der Waals surface area contributed by atoms with Crippen molar-refractivity contribution in [1.82, 2.24) is 97.6 Å². The first-order valence-corrected chi connectivity index (χ1v) is 55.6.